The van der Waals surface area contributed by atoms with E-state index < -0.39 is 24.7 Å². The van der Waals surface area contributed by atoms with Crippen LogP contribution in [0.25, 0.3) is 0 Å². The van der Waals surface area contributed by atoms with Crippen LogP contribution in [0.1, 0.15) is 35.0 Å². The first-order chi connectivity index (χ1) is 10.5. The van der Waals surface area contributed by atoms with E-state index in [-0.39, 0.29) is 11.4 Å². The van der Waals surface area contributed by atoms with Gasteiger partial charge in [0.05, 0.1) is 12.2 Å². The second-order valence-electron chi connectivity index (χ2n) is 5.17. The monoisotopic (exact) mass is 310 g/mol. The van der Waals surface area contributed by atoms with Crippen molar-refractivity contribution in [3.63, 3.8) is 0 Å². The summed E-state index contributed by atoms with van der Waals surface area (Å²) in [7, 11) is 0. The molecule has 0 bridgehead atoms. The Bertz CT molecular complexity index is 666. The van der Waals surface area contributed by atoms with Crippen LogP contribution in [-0.4, -0.2) is 24.0 Å². The van der Waals surface area contributed by atoms with E-state index in [0.717, 1.165) is 29.9 Å². The van der Waals surface area contributed by atoms with Gasteiger partial charge in [0, 0.05) is 17.7 Å². The van der Waals surface area contributed by atoms with Gasteiger partial charge in [-0.3, -0.25) is 9.69 Å². The van der Waals surface area contributed by atoms with Gasteiger partial charge in [-0.05, 0) is 37.1 Å². The van der Waals surface area contributed by atoms with Crippen LogP contribution in [0.5, 0.6) is 0 Å². The highest BCUT2D eigenvalue weighted by Crippen LogP contribution is 2.39. The number of amides is 1. The van der Waals surface area contributed by atoms with Crippen molar-refractivity contribution in [1.29, 1.82) is 0 Å². The second-order valence-corrected chi connectivity index (χ2v) is 5.17. The summed E-state index contributed by atoms with van der Waals surface area (Å²) in [6, 6.07) is 6.25. The number of rotatable bonds is 5. The van der Waals surface area contributed by atoms with Gasteiger partial charge in [0.25, 0.3) is 12.3 Å². The zero-order valence-corrected chi connectivity index (χ0v) is 11.5. The first kappa shape index (κ1) is 14.6. The number of anilines is 1. The van der Waals surface area contributed by atoms with Gasteiger partial charge < -0.3 is 4.52 Å². The normalized spacial score (nSPS) is 14.4. The van der Waals surface area contributed by atoms with Crippen LogP contribution < -0.4 is 4.90 Å². The van der Waals surface area contributed by atoms with E-state index in [1.54, 1.807) is 0 Å². The Morgan fingerprint density at radius 3 is 2.59 bits per heavy atom. The number of carbonyl (C=O) groups is 1. The van der Waals surface area contributed by atoms with E-state index in [1.807, 2.05) is 0 Å². The van der Waals surface area contributed by atoms with Gasteiger partial charge in [-0.1, -0.05) is 5.16 Å². The Kier molecular flexibility index (Phi) is 3.87. The minimum atomic E-state index is -2.72. The second kappa shape index (κ2) is 5.82. The van der Waals surface area contributed by atoms with Crippen molar-refractivity contribution in [2.24, 2.45) is 0 Å². The van der Waals surface area contributed by atoms with Crippen molar-refractivity contribution in [2.75, 3.05) is 11.4 Å². The fourth-order valence-corrected chi connectivity index (χ4v) is 2.16. The minimum absolute atomic E-state index is 0.0909. The van der Waals surface area contributed by atoms with Crippen molar-refractivity contribution >= 4 is 11.6 Å². The van der Waals surface area contributed by atoms with Gasteiger partial charge in [0.15, 0.2) is 0 Å². The molecule has 0 aliphatic heterocycles. The molecule has 1 fully saturated rings. The molecule has 3 rings (SSSR count). The summed E-state index contributed by atoms with van der Waals surface area (Å²) in [5.74, 6) is -1.03. The molecule has 1 heterocycles. The summed E-state index contributed by atoms with van der Waals surface area (Å²) < 4.78 is 43.4. The van der Waals surface area contributed by atoms with Crippen molar-refractivity contribution in [2.45, 2.75) is 25.2 Å². The van der Waals surface area contributed by atoms with Crippen LogP contribution in [0.4, 0.5) is 18.9 Å². The predicted molar refractivity (Wildman–Crippen MR) is 72.6 cm³/mol. The Hall–Kier alpha value is -2.31. The molecule has 0 spiro atoms. The lowest BCUT2D eigenvalue weighted by atomic mass is 10.2. The number of halogens is 3. The molecule has 2 aromatic rings. The van der Waals surface area contributed by atoms with Crippen molar-refractivity contribution < 1.29 is 22.5 Å². The third kappa shape index (κ3) is 3.13. The lowest BCUT2D eigenvalue weighted by Crippen LogP contribution is -2.35. The van der Waals surface area contributed by atoms with E-state index in [4.69, 9.17) is 4.52 Å². The molecular weight excluding hydrogens is 297 g/mol. The third-order valence-electron chi connectivity index (χ3n) is 3.44. The molecule has 1 aliphatic rings. The molecule has 116 valence electrons. The van der Waals surface area contributed by atoms with Gasteiger partial charge in [0.1, 0.15) is 5.82 Å². The fourth-order valence-electron chi connectivity index (χ4n) is 2.16. The molecule has 1 aromatic carbocycles. The summed E-state index contributed by atoms with van der Waals surface area (Å²) in [6.07, 6.45) is -0.752. The molecule has 1 aliphatic carbocycles. The maximum absolute atomic E-state index is 13.0. The number of carbonyl (C=O) groups excluding carboxylic acids is 1. The maximum atomic E-state index is 13.0. The Balaban J connectivity index is 1.86. The topological polar surface area (TPSA) is 46.3 Å². The van der Waals surface area contributed by atoms with Gasteiger partial charge in [0.2, 0.25) is 5.76 Å². The minimum Gasteiger partial charge on any atom is -0.351 e. The van der Waals surface area contributed by atoms with Crippen molar-refractivity contribution in [1.82, 2.24) is 5.16 Å². The van der Waals surface area contributed by atoms with Crippen LogP contribution in [0.3, 0.4) is 0 Å². The van der Waals surface area contributed by atoms with Crippen molar-refractivity contribution in [3.05, 3.63) is 47.6 Å². The van der Waals surface area contributed by atoms with Crippen LogP contribution in [0.15, 0.2) is 34.9 Å². The summed E-state index contributed by atoms with van der Waals surface area (Å²) in [4.78, 5) is 13.2. The molecular formula is C15H13F3N2O2. The van der Waals surface area contributed by atoms with Crippen LogP contribution in [0.2, 0.25) is 0 Å². The predicted octanol–water partition coefficient (Wildman–Crippen LogP) is 3.60. The lowest BCUT2D eigenvalue weighted by molar-refractivity contribution is 0.0911. The highest BCUT2D eigenvalue weighted by Gasteiger charge is 2.30. The lowest BCUT2D eigenvalue weighted by Gasteiger charge is -2.21. The summed E-state index contributed by atoms with van der Waals surface area (Å²) >= 11 is 0. The number of hydrogen-bond acceptors (Lipinski definition) is 3. The standard InChI is InChI=1S/C15H13F3N2O2/c16-10-3-5-11(6-4-10)20(8-14(17)18)15(21)13-7-12(19-22-13)9-1-2-9/h3-7,9,14H,1-2,8H2. The average Bonchev–Trinajstić information content (AvgIpc) is 3.22. The highest BCUT2D eigenvalue weighted by atomic mass is 19.3. The molecule has 7 heteroatoms. The number of benzene rings is 1. The summed E-state index contributed by atoms with van der Waals surface area (Å²) in [6.45, 7) is -0.802. The van der Waals surface area contributed by atoms with E-state index in [1.165, 1.54) is 18.2 Å². The first-order valence-corrected chi connectivity index (χ1v) is 6.87. The molecule has 1 aromatic heterocycles. The summed E-state index contributed by atoms with van der Waals surface area (Å²) in [5, 5.41) is 3.80. The van der Waals surface area contributed by atoms with E-state index >= 15 is 0 Å². The van der Waals surface area contributed by atoms with Gasteiger partial charge in [-0.15, -0.1) is 0 Å². The SMILES string of the molecule is O=C(c1cc(C2CC2)no1)N(CC(F)F)c1ccc(F)cc1. The number of hydrogen-bond donors (Lipinski definition) is 0. The average molecular weight is 310 g/mol. The quantitative estimate of drug-likeness (QED) is 0.847. The van der Waals surface area contributed by atoms with E-state index in [0.29, 0.717) is 11.6 Å². The number of aromatic nitrogens is 1. The van der Waals surface area contributed by atoms with Crippen molar-refractivity contribution in [3.8, 4) is 0 Å². The van der Waals surface area contributed by atoms with Crippen LogP contribution >= 0.6 is 0 Å². The van der Waals surface area contributed by atoms with E-state index in [2.05, 4.69) is 5.16 Å². The van der Waals surface area contributed by atoms with Crippen LogP contribution in [0, 0.1) is 5.82 Å². The molecule has 1 amide bonds. The van der Waals surface area contributed by atoms with E-state index in [9.17, 15) is 18.0 Å². The Morgan fingerprint density at radius 2 is 2.00 bits per heavy atom. The Morgan fingerprint density at radius 1 is 1.32 bits per heavy atom. The number of nitrogens with zero attached hydrogens (tertiary/aromatic N) is 2. The molecule has 22 heavy (non-hydrogen) atoms. The zero-order chi connectivity index (χ0) is 15.7. The smallest absolute Gasteiger partial charge is 0.297 e. The van der Waals surface area contributed by atoms with Gasteiger partial charge in [-0.25, -0.2) is 13.2 Å². The highest BCUT2D eigenvalue weighted by molar-refractivity contribution is 6.04. The van der Waals surface area contributed by atoms with Gasteiger partial charge >= 0.3 is 0 Å². The molecule has 1 saturated carbocycles. The molecule has 0 radical (unpaired) electrons. The molecule has 0 N–H and O–H groups in total. The Labute approximate surface area is 124 Å². The largest absolute Gasteiger partial charge is 0.351 e. The summed E-state index contributed by atoms with van der Waals surface area (Å²) in [5.41, 5.74) is 0.843. The molecule has 0 atom stereocenters. The van der Waals surface area contributed by atoms with Gasteiger partial charge in [-0.2, -0.15) is 0 Å². The third-order valence-corrected chi connectivity index (χ3v) is 3.44. The maximum Gasteiger partial charge on any atom is 0.297 e. The fraction of sp³-hybridized carbons (Fsp3) is 0.333. The van der Waals surface area contributed by atoms with Crippen LogP contribution in [-0.2, 0) is 0 Å². The molecule has 0 unspecified atom stereocenters. The first-order valence-electron chi connectivity index (χ1n) is 6.87. The number of alkyl halides is 2. The zero-order valence-electron chi connectivity index (χ0n) is 11.5. The molecule has 0 saturated heterocycles. The molecule has 4 nitrogen and oxygen atoms in total.